The second-order valence-corrected chi connectivity index (χ2v) is 2.94. The van der Waals surface area contributed by atoms with E-state index in [-0.39, 0.29) is 0 Å². The highest BCUT2D eigenvalue weighted by Crippen LogP contribution is 2.16. The molecular weight excluding hydrogens is 182 g/mol. The van der Waals surface area contributed by atoms with Crippen LogP contribution in [0.1, 0.15) is 0 Å². The van der Waals surface area contributed by atoms with Gasteiger partial charge in [-0.05, 0) is 17.7 Å². The minimum absolute atomic E-state index is 0.696. The molecule has 0 aromatic carbocycles. The molecule has 0 aliphatic carbocycles. The van der Waals surface area contributed by atoms with E-state index in [0.29, 0.717) is 4.64 Å². The van der Waals surface area contributed by atoms with Gasteiger partial charge in [-0.1, -0.05) is 12.2 Å². The normalized spacial score (nSPS) is 9.85. The Kier molecular flexibility index (Phi) is 2.14. The van der Waals surface area contributed by atoms with E-state index in [1.165, 1.54) is 0 Å². The summed E-state index contributed by atoms with van der Waals surface area (Å²) >= 11 is 5.12. The molecule has 2 aromatic rings. The molecular formula is C9H7N3S. The van der Waals surface area contributed by atoms with Crippen LogP contribution in [0.2, 0.25) is 0 Å². The summed E-state index contributed by atoms with van der Waals surface area (Å²) in [6.45, 7) is 0. The van der Waals surface area contributed by atoms with Gasteiger partial charge in [0, 0.05) is 24.2 Å². The third-order valence-electron chi connectivity index (χ3n) is 1.71. The molecule has 3 nitrogen and oxygen atoms in total. The van der Waals surface area contributed by atoms with Gasteiger partial charge < -0.3 is 4.98 Å². The maximum Gasteiger partial charge on any atom is 0.113 e. The highest BCUT2D eigenvalue weighted by Gasteiger charge is 1.97. The zero-order chi connectivity index (χ0) is 9.10. The van der Waals surface area contributed by atoms with E-state index >= 15 is 0 Å². The van der Waals surface area contributed by atoms with Crippen LogP contribution < -0.4 is 0 Å². The molecule has 0 atom stereocenters. The lowest BCUT2D eigenvalue weighted by Gasteiger charge is -1.98. The van der Waals surface area contributed by atoms with Crippen LogP contribution in [0.15, 0.2) is 37.1 Å². The Morgan fingerprint density at radius 3 is 2.62 bits per heavy atom. The average Bonchev–Trinajstić information content (AvgIpc) is 2.20. The molecule has 2 heterocycles. The lowest BCUT2D eigenvalue weighted by Crippen LogP contribution is -1.84. The Hall–Kier alpha value is -1.55. The van der Waals surface area contributed by atoms with Gasteiger partial charge in [-0.15, -0.1) is 0 Å². The van der Waals surface area contributed by atoms with Crippen molar-refractivity contribution >= 4 is 12.2 Å². The van der Waals surface area contributed by atoms with Gasteiger partial charge in [-0.3, -0.25) is 4.98 Å². The summed E-state index contributed by atoms with van der Waals surface area (Å²) in [6, 6.07) is 3.81. The quantitative estimate of drug-likeness (QED) is 0.699. The highest BCUT2D eigenvalue weighted by molar-refractivity contribution is 7.71. The van der Waals surface area contributed by atoms with Crippen molar-refractivity contribution in [2.24, 2.45) is 0 Å². The first-order chi connectivity index (χ1) is 6.38. The molecule has 2 aromatic heterocycles. The second kappa shape index (κ2) is 3.45. The summed E-state index contributed by atoms with van der Waals surface area (Å²) in [6.07, 6.45) is 6.79. The predicted molar refractivity (Wildman–Crippen MR) is 52.7 cm³/mol. The smallest absolute Gasteiger partial charge is 0.113 e. The topological polar surface area (TPSA) is 41.6 Å². The Labute approximate surface area is 80.5 Å². The van der Waals surface area contributed by atoms with Crippen molar-refractivity contribution in [3.05, 3.63) is 41.7 Å². The number of H-pyrrole nitrogens is 1. The van der Waals surface area contributed by atoms with Crippen LogP contribution >= 0.6 is 12.2 Å². The lowest BCUT2D eigenvalue weighted by atomic mass is 10.1. The van der Waals surface area contributed by atoms with Crippen LogP contribution in [-0.4, -0.2) is 15.0 Å². The van der Waals surface area contributed by atoms with Crippen LogP contribution in [0.4, 0.5) is 0 Å². The summed E-state index contributed by atoms with van der Waals surface area (Å²) in [5.41, 5.74) is 1.96. The van der Waals surface area contributed by atoms with E-state index in [1.807, 2.05) is 12.1 Å². The number of aromatic nitrogens is 3. The molecule has 0 amide bonds. The predicted octanol–water partition coefficient (Wildman–Crippen LogP) is 2.20. The fourth-order valence-corrected chi connectivity index (χ4v) is 1.30. The summed E-state index contributed by atoms with van der Waals surface area (Å²) in [5.74, 6) is 0. The maximum absolute atomic E-state index is 5.12. The monoisotopic (exact) mass is 189 g/mol. The van der Waals surface area contributed by atoms with Crippen molar-refractivity contribution in [1.29, 1.82) is 0 Å². The van der Waals surface area contributed by atoms with E-state index in [9.17, 15) is 0 Å². The van der Waals surface area contributed by atoms with Gasteiger partial charge in [0.2, 0.25) is 0 Å². The first-order valence-electron chi connectivity index (χ1n) is 3.81. The molecule has 13 heavy (non-hydrogen) atoms. The minimum Gasteiger partial charge on any atom is -0.337 e. The summed E-state index contributed by atoms with van der Waals surface area (Å²) < 4.78 is 0.696. The molecule has 0 spiro atoms. The largest absolute Gasteiger partial charge is 0.337 e. The van der Waals surface area contributed by atoms with Gasteiger partial charge in [0.05, 0.1) is 6.33 Å². The molecule has 0 radical (unpaired) electrons. The van der Waals surface area contributed by atoms with Gasteiger partial charge >= 0.3 is 0 Å². The Morgan fingerprint density at radius 1 is 1.15 bits per heavy atom. The average molecular weight is 189 g/mol. The first-order valence-corrected chi connectivity index (χ1v) is 4.22. The van der Waals surface area contributed by atoms with Crippen molar-refractivity contribution in [2.75, 3.05) is 0 Å². The first kappa shape index (κ1) is 8.07. The molecule has 0 aliphatic rings. The number of nitrogens with zero attached hydrogens (tertiary/aromatic N) is 2. The lowest BCUT2D eigenvalue weighted by molar-refractivity contribution is 1.15. The SMILES string of the molecule is S=c1[nH]cncc1-c1ccncc1. The molecule has 2 rings (SSSR count). The molecule has 0 unspecified atom stereocenters. The molecule has 1 N–H and O–H groups in total. The third-order valence-corrected chi connectivity index (χ3v) is 2.05. The fourth-order valence-electron chi connectivity index (χ4n) is 1.08. The molecule has 4 heteroatoms. The molecule has 0 saturated carbocycles. The third kappa shape index (κ3) is 1.62. The van der Waals surface area contributed by atoms with Crippen LogP contribution in [0, 0.1) is 4.64 Å². The van der Waals surface area contributed by atoms with Crippen LogP contribution in [0.25, 0.3) is 11.1 Å². The second-order valence-electron chi connectivity index (χ2n) is 2.53. The maximum atomic E-state index is 5.12. The molecule has 0 saturated heterocycles. The molecule has 64 valence electrons. The van der Waals surface area contributed by atoms with Gasteiger partial charge in [0.1, 0.15) is 4.64 Å². The van der Waals surface area contributed by atoms with Crippen molar-refractivity contribution < 1.29 is 0 Å². The number of hydrogen-bond acceptors (Lipinski definition) is 3. The van der Waals surface area contributed by atoms with Crippen molar-refractivity contribution in [3.8, 4) is 11.1 Å². The summed E-state index contributed by atoms with van der Waals surface area (Å²) in [7, 11) is 0. The van der Waals surface area contributed by atoms with Crippen LogP contribution in [0.3, 0.4) is 0 Å². The number of nitrogens with one attached hydrogen (secondary N) is 1. The zero-order valence-corrected chi connectivity index (χ0v) is 7.58. The van der Waals surface area contributed by atoms with Gasteiger partial charge in [0.25, 0.3) is 0 Å². The Morgan fingerprint density at radius 2 is 1.92 bits per heavy atom. The number of aromatic amines is 1. The summed E-state index contributed by atoms with van der Waals surface area (Å²) in [4.78, 5) is 10.8. The Balaban J connectivity index is 2.60. The Bertz CT molecular complexity index is 450. The van der Waals surface area contributed by atoms with Crippen molar-refractivity contribution in [2.45, 2.75) is 0 Å². The van der Waals surface area contributed by atoms with E-state index in [4.69, 9.17) is 12.2 Å². The van der Waals surface area contributed by atoms with Gasteiger partial charge in [0.15, 0.2) is 0 Å². The number of hydrogen-bond donors (Lipinski definition) is 1. The summed E-state index contributed by atoms with van der Waals surface area (Å²) in [5, 5.41) is 0. The van der Waals surface area contributed by atoms with Crippen molar-refractivity contribution in [1.82, 2.24) is 15.0 Å². The number of pyridine rings is 1. The zero-order valence-electron chi connectivity index (χ0n) is 6.77. The van der Waals surface area contributed by atoms with Gasteiger partial charge in [-0.2, -0.15) is 0 Å². The van der Waals surface area contributed by atoms with Crippen LogP contribution in [0.5, 0.6) is 0 Å². The minimum atomic E-state index is 0.696. The number of rotatable bonds is 1. The fraction of sp³-hybridized carbons (Fsp3) is 0. The highest BCUT2D eigenvalue weighted by atomic mass is 32.1. The van der Waals surface area contributed by atoms with Gasteiger partial charge in [-0.25, -0.2) is 4.98 Å². The molecule has 0 fully saturated rings. The molecule has 0 bridgehead atoms. The molecule has 0 aliphatic heterocycles. The van der Waals surface area contributed by atoms with E-state index in [2.05, 4.69) is 15.0 Å². The standard InChI is InChI=1S/C9H7N3S/c13-9-8(5-11-6-12-9)7-1-3-10-4-2-7/h1-6H,(H,11,12,13). The van der Waals surface area contributed by atoms with E-state index in [0.717, 1.165) is 11.1 Å². The van der Waals surface area contributed by atoms with Crippen LogP contribution in [-0.2, 0) is 0 Å². The van der Waals surface area contributed by atoms with E-state index < -0.39 is 0 Å². The van der Waals surface area contributed by atoms with E-state index in [1.54, 1.807) is 24.9 Å². The van der Waals surface area contributed by atoms with Crippen molar-refractivity contribution in [3.63, 3.8) is 0 Å².